The summed E-state index contributed by atoms with van der Waals surface area (Å²) in [6.07, 6.45) is 2.18. The molecule has 2 aliphatic rings. The minimum absolute atomic E-state index is 0.453. The molecular weight excluding hydrogens is 192 g/mol. The Bertz CT molecular complexity index is 237. The average Bonchev–Trinajstić information content (AvgIpc) is 2.00. The van der Waals surface area contributed by atoms with Crippen LogP contribution in [-0.4, -0.2) is 35.2 Å². The molecule has 4 heteroatoms. The fourth-order valence-corrected chi connectivity index (χ4v) is 1.84. The summed E-state index contributed by atoms with van der Waals surface area (Å²) < 4.78 is 4.58. The highest BCUT2D eigenvalue weighted by Crippen LogP contribution is 2.41. The number of hydrogen-bond acceptors (Lipinski definition) is 3. The van der Waals surface area contributed by atoms with Crippen molar-refractivity contribution in [1.29, 1.82) is 0 Å². The second-order valence-corrected chi connectivity index (χ2v) is 5.52. The van der Waals surface area contributed by atoms with Gasteiger partial charge in [-0.25, -0.2) is 4.79 Å². The first-order chi connectivity index (χ1) is 6.73. The van der Waals surface area contributed by atoms with Crippen molar-refractivity contribution in [3.8, 4) is 0 Å². The third-order valence-electron chi connectivity index (χ3n) is 3.01. The number of nitrogens with two attached hydrogens (primary N) is 1. The first-order valence-electron chi connectivity index (χ1n) is 5.46. The Balaban J connectivity index is 0.000000150. The van der Waals surface area contributed by atoms with Crippen LogP contribution in [0.25, 0.3) is 0 Å². The Morgan fingerprint density at radius 1 is 1.33 bits per heavy atom. The van der Waals surface area contributed by atoms with E-state index in [-0.39, 0.29) is 0 Å². The molecule has 0 aromatic heterocycles. The molecule has 2 fully saturated rings. The van der Waals surface area contributed by atoms with Gasteiger partial charge in [0.1, 0.15) is 5.60 Å². The maximum absolute atomic E-state index is 10.0. The summed E-state index contributed by atoms with van der Waals surface area (Å²) in [4.78, 5) is 12.6. The largest absolute Gasteiger partial charge is 0.444 e. The second kappa shape index (κ2) is 4.00. The number of amides is 1. The van der Waals surface area contributed by atoms with Crippen LogP contribution >= 0.6 is 0 Å². The van der Waals surface area contributed by atoms with E-state index in [1.54, 1.807) is 20.8 Å². The molecule has 2 rings (SSSR count). The first-order valence-corrected chi connectivity index (χ1v) is 5.46. The Morgan fingerprint density at radius 2 is 1.73 bits per heavy atom. The maximum Gasteiger partial charge on any atom is 0.405 e. The van der Waals surface area contributed by atoms with E-state index in [4.69, 9.17) is 5.73 Å². The minimum Gasteiger partial charge on any atom is -0.444 e. The lowest BCUT2D eigenvalue weighted by Gasteiger charge is -2.59. The molecule has 0 saturated carbocycles. The van der Waals surface area contributed by atoms with Crippen molar-refractivity contribution in [2.75, 3.05) is 13.1 Å². The number of carbonyl (C=O) groups excluding carboxylic acids is 1. The van der Waals surface area contributed by atoms with E-state index in [2.05, 4.69) is 16.6 Å². The molecule has 0 spiro atoms. The Kier molecular flexibility index (Phi) is 3.28. The molecule has 0 aromatic rings. The van der Waals surface area contributed by atoms with Gasteiger partial charge in [-0.2, -0.15) is 0 Å². The molecule has 0 bridgehead atoms. The van der Waals surface area contributed by atoms with Gasteiger partial charge in [0.15, 0.2) is 0 Å². The number of carbonyl (C=O) groups is 1. The molecule has 2 saturated heterocycles. The normalized spacial score (nSPS) is 22.4. The number of primary amides is 1. The maximum atomic E-state index is 10.0. The molecule has 2 heterocycles. The molecule has 2 aliphatic heterocycles. The van der Waals surface area contributed by atoms with Gasteiger partial charge < -0.3 is 10.5 Å². The number of piperidine rings is 1. The first kappa shape index (κ1) is 12.3. The van der Waals surface area contributed by atoms with Crippen molar-refractivity contribution in [2.24, 2.45) is 5.73 Å². The van der Waals surface area contributed by atoms with Crippen molar-refractivity contribution >= 4 is 6.09 Å². The van der Waals surface area contributed by atoms with Crippen LogP contribution in [-0.2, 0) is 4.74 Å². The van der Waals surface area contributed by atoms with Gasteiger partial charge in [0.05, 0.1) is 0 Å². The summed E-state index contributed by atoms with van der Waals surface area (Å²) in [5, 5.41) is 0. The van der Waals surface area contributed by atoms with Crippen LogP contribution in [0.2, 0.25) is 0 Å². The predicted octanol–water partition coefficient (Wildman–Crippen LogP) is 1.73. The molecule has 0 aliphatic carbocycles. The van der Waals surface area contributed by atoms with Crippen LogP contribution in [0.5, 0.6) is 0 Å². The topological polar surface area (TPSA) is 55.6 Å². The van der Waals surface area contributed by atoms with E-state index in [1.807, 2.05) is 0 Å². The number of ether oxygens (including phenoxy) is 1. The quantitative estimate of drug-likeness (QED) is 0.668. The molecule has 2 N–H and O–H groups in total. The zero-order valence-corrected chi connectivity index (χ0v) is 10.2. The molecule has 0 unspecified atom stereocenters. The van der Waals surface area contributed by atoms with Gasteiger partial charge in [-0.1, -0.05) is 0 Å². The summed E-state index contributed by atoms with van der Waals surface area (Å²) in [6.45, 7) is 10.4. The molecule has 88 valence electrons. The van der Waals surface area contributed by atoms with Crippen molar-refractivity contribution in [3.05, 3.63) is 0 Å². The van der Waals surface area contributed by atoms with E-state index >= 15 is 0 Å². The van der Waals surface area contributed by atoms with Crippen molar-refractivity contribution in [2.45, 2.75) is 51.7 Å². The van der Waals surface area contributed by atoms with E-state index in [0.717, 1.165) is 0 Å². The monoisotopic (exact) mass is 214 g/mol. The van der Waals surface area contributed by atoms with E-state index in [1.165, 1.54) is 25.9 Å². The van der Waals surface area contributed by atoms with Gasteiger partial charge in [-0.15, -0.1) is 0 Å². The molecular formula is C11H22N2O2. The third-order valence-corrected chi connectivity index (χ3v) is 3.01. The lowest BCUT2D eigenvalue weighted by atomic mass is 9.76. The highest BCUT2D eigenvalue weighted by molar-refractivity contribution is 5.65. The van der Waals surface area contributed by atoms with Crippen LogP contribution in [0.4, 0.5) is 4.79 Å². The SMILES string of the molecule is CC(C)(C)OC(N)=O.CC12CCN1CC2. The van der Waals surface area contributed by atoms with Gasteiger partial charge in [0.25, 0.3) is 0 Å². The van der Waals surface area contributed by atoms with Crippen LogP contribution in [0.15, 0.2) is 0 Å². The van der Waals surface area contributed by atoms with Crippen LogP contribution in [0.3, 0.4) is 0 Å². The zero-order chi connectivity index (χ0) is 11.7. The van der Waals surface area contributed by atoms with Crippen molar-refractivity contribution in [1.82, 2.24) is 4.90 Å². The second-order valence-electron chi connectivity index (χ2n) is 5.52. The number of fused-ring (bicyclic) bond motifs is 1. The van der Waals surface area contributed by atoms with Gasteiger partial charge in [0.2, 0.25) is 0 Å². The molecule has 15 heavy (non-hydrogen) atoms. The zero-order valence-electron chi connectivity index (χ0n) is 10.2. The summed E-state index contributed by atoms with van der Waals surface area (Å²) in [5.74, 6) is 0. The van der Waals surface area contributed by atoms with Crippen LogP contribution in [0.1, 0.15) is 40.5 Å². The number of hydrogen-bond donors (Lipinski definition) is 1. The standard InChI is InChI=1S/C6H11N.C5H11NO2/c1-6-2-4-7(6)5-3-6;1-5(2,3)8-4(6)7/h2-5H2,1H3;1-3H3,(H2,6,7). The lowest BCUT2D eigenvalue weighted by molar-refractivity contribution is -0.0897. The summed E-state index contributed by atoms with van der Waals surface area (Å²) in [7, 11) is 0. The fraction of sp³-hybridized carbons (Fsp3) is 0.909. The predicted molar refractivity (Wildman–Crippen MR) is 59.6 cm³/mol. The lowest BCUT2D eigenvalue weighted by Crippen LogP contribution is -2.67. The van der Waals surface area contributed by atoms with E-state index in [9.17, 15) is 4.79 Å². The molecule has 0 atom stereocenters. The van der Waals surface area contributed by atoms with Gasteiger partial charge in [-0.3, -0.25) is 4.90 Å². The smallest absolute Gasteiger partial charge is 0.405 e. The van der Waals surface area contributed by atoms with Crippen LogP contribution in [0, 0.1) is 0 Å². The summed E-state index contributed by atoms with van der Waals surface area (Å²) >= 11 is 0. The fourth-order valence-electron chi connectivity index (χ4n) is 1.84. The van der Waals surface area contributed by atoms with Gasteiger partial charge in [0, 0.05) is 18.6 Å². The summed E-state index contributed by atoms with van der Waals surface area (Å²) in [5.41, 5.74) is 4.96. The molecule has 1 amide bonds. The highest BCUT2D eigenvalue weighted by atomic mass is 16.6. The summed E-state index contributed by atoms with van der Waals surface area (Å²) in [6, 6.07) is 0. The highest BCUT2D eigenvalue weighted by Gasteiger charge is 2.47. The van der Waals surface area contributed by atoms with Crippen molar-refractivity contribution in [3.63, 3.8) is 0 Å². The molecule has 0 radical (unpaired) electrons. The third kappa shape index (κ3) is 3.38. The minimum atomic E-state index is -0.725. The average molecular weight is 214 g/mol. The van der Waals surface area contributed by atoms with E-state index in [0.29, 0.717) is 5.54 Å². The van der Waals surface area contributed by atoms with Gasteiger partial charge in [-0.05, 0) is 40.5 Å². The Hall–Kier alpha value is -0.770. The molecule has 0 aromatic carbocycles. The Morgan fingerprint density at radius 3 is 1.73 bits per heavy atom. The Labute approximate surface area is 91.8 Å². The number of rotatable bonds is 0. The van der Waals surface area contributed by atoms with Crippen LogP contribution < -0.4 is 5.73 Å². The van der Waals surface area contributed by atoms with Gasteiger partial charge >= 0.3 is 6.09 Å². The van der Waals surface area contributed by atoms with E-state index < -0.39 is 11.7 Å². The molecule has 4 nitrogen and oxygen atoms in total. The number of nitrogens with zero attached hydrogens (tertiary/aromatic N) is 1. The van der Waals surface area contributed by atoms with Crippen molar-refractivity contribution < 1.29 is 9.53 Å².